The molecule has 2 aromatic rings. The van der Waals surface area contributed by atoms with Crippen molar-refractivity contribution in [3.05, 3.63) is 12.4 Å². The molecule has 0 bridgehead atoms. The van der Waals surface area contributed by atoms with Crippen molar-refractivity contribution in [1.29, 1.82) is 0 Å². The molecule has 0 aromatic carbocycles. The van der Waals surface area contributed by atoms with E-state index in [9.17, 15) is 14.3 Å². The fourth-order valence-corrected chi connectivity index (χ4v) is 5.16. The molecule has 10 heteroatoms. The molecule has 0 amide bonds. The van der Waals surface area contributed by atoms with Crippen LogP contribution in [0.3, 0.4) is 0 Å². The van der Waals surface area contributed by atoms with Gasteiger partial charge in [0.25, 0.3) is 0 Å². The van der Waals surface area contributed by atoms with Crippen LogP contribution in [0.1, 0.15) is 71.3 Å². The lowest BCUT2D eigenvalue weighted by Gasteiger charge is -2.33. The number of nitrogens with zero attached hydrogens (tertiary/aromatic N) is 4. The number of rotatable bonds is 8. The minimum atomic E-state index is -1.09. The molecule has 1 aliphatic carbocycles. The Balaban J connectivity index is 1.49. The van der Waals surface area contributed by atoms with E-state index in [1.807, 2.05) is 0 Å². The number of nitrogen functional groups attached to an aromatic ring is 1. The van der Waals surface area contributed by atoms with E-state index in [0.717, 1.165) is 25.7 Å². The highest BCUT2D eigenvalue weighted by molar-refractivity contribution is 5.81. The summed E-state index contributed by atoms with van der Waals surface area (Å²) < 4.78 is 27.3. The van der Waals surface area contributed by atoms with Crippen LogP contribution >= 0.6 is 0 Å². The van der Waals surface area contributed by atoms with Crippen LogP contribution < -0.4 is 5.73 Å². The second-order valence-electron chi connectivity index (χ2n) is 9.62. The Morgan fingerprint density at radius 3 is 2.79 bits per heavy atom. The molecule has 2 aromatic heterocycles. The molecule has 33 heavy (non-hydrogen) atoms. The molecule has 2 aliphatic rings. The van der Waals surface area contributed by atoms with Gasteiger partial charge in [-0.25, -0.2) is 4.98 Å². The van der Waals surface area contributed by atoms with Gasteiger partial charge >= 0.3 is 12.0 Å². The molecule has 0 spiro atoms. The number of aromatic nitrogens is 4. The quantitative estimate of drug-likeness (QED) is 0.347. The standard InChI is InChI=1S/C23H34FN5O4/c1-3-4-5-6-14-7-9-15(10-8-14)21(31)33-18-16(11-32-23(18,2)12-30)29-13-26-17-19(25)27-22(24)28-20(17)29/h13-16,18,30H,3-12H2,1-2H3,(H2,25,27,28)/t14?,15?,16-,18+,23-/m1/s1. The smallest absolute Gasteiger partial charge is 0.312 e. The van der Waals surface area contributed by atoms with Crippen molar-refractivity contribution in [3.63, 3.8) is 0 Å². The second-order valence-corrected chi connectivity index (χ2v) is 9.62. The van der Waals surface area contributed by atoms with Crippen molar-refractivity contribution in [2.75, 3.05) is 18.9 Å². The van der Waals surface area contributed by atoms with Gasteiger partial charge in [-0.15, -0.1) is 0 Å². The van der Waals surface area contributed by atoms with E-state index >= 15 is 0 Å². The van der Waals surface area contributed by atoms with Gasteiger partial charge in [-0.05, 0) is 38.5 Å². The maximum atomic E-state index is 13.8. The topological polar surface area (TPSA) is 125 Å². The molecule has 0 radical (unpaired) electrons. The van der Waals surface area contributed by atoms with Gasteiger partial charge in [-0.1, -0.05) is 32.6 Å². The fourth-order valence-electron chi connectivity index (χ4n) is 5.16. The number of aliphatic hydroxyl groups excluding tert-OH is 1. The van der Waals surface area contributed by atoms with Gasteiger partial charge in [0.05, 0.1) is 31.5 Å². The van der Waals surface area contributed by atoms with Crippen molar-refractivity contribution in [3.8, 4) is 0 Å². The molecular weight excluding hydrogens is 429 g/mol. The SMILES string of the molecule is CCCCCC1CCC(C(=O)O[C@H]2[C@H](n3cnc4c(N)nc(F)nc43)CO[C@]2(C)CO)CC1. The molecule has 3 N–H and O–H groups in total. The van der Waals surface area contributed by atoms with Crippen LogP contribution in [0, 0.1) is 17.9 Å². The summed E-state index contributed by atoms with van der Waals surface area (Å²) in [6, 6.07) is -0.532. The van der Waals surface area contributed by atoms with Gasteiger partial charge in [-0.3, -0.25) is 4.79 Å². The lowest BCUT2D eigenvalue weighted by atomic mass is 9.79. The molecule has 4 rings (SSSR count). The number of fused-ring (bicyclic) bond motifs is 1. The van der Waals surface area contributed by atoms with Crippen LogP contribution in [0.4, 0.5) is 10.2 Å². The maximum absolute atomic E-state index is 13.8. The van der Waals surface area contributed by atoms with Gasteiger partial charge in [-0.2, -0.15) is 14.4 Å². The summed E-state index contributed by atoms with van der Waals surface area (Å²) in [4.78, 5) is 24.7. The average molecular weight is 464 g/mol. The normalized spacial score (nSPS) is 30.1. The molecular formula is C23H34FN5O4. The molecule has 2 fully saturated rings. The molecule has 0 unspecified atom stereocenters. The number of carbonyl (C=O) groups is 1. The summed E-state index contributed by atoms with van der Waals surface area (Å²) in [6.07, 6.45) is 8.37. The van der Waals surface area contributed by atoms with Crippen LogP contribution in [0.2, 0.25) is 0 Å². The highest BCUT2D eigenvalue weighted by Crippen LogP contribution is 2.39. The fraction of sp³-hybridized carbons (Fsp3) is 0.739. The third-order valence-electron chi connectivity index (χ3n) is 7.27. The van der Waals surface area contributed by atoms with Gasteiger partial charge in [0.1, 0.15) is 11.1 Å². The predicted octanol–water partition coefficient (Wildman–Crippen LogP) is 3.17. The molecule has 9 nitrogen and oxygen atoms in total. The summed E-state index contributed by atoms with van der Waals surface area (Å²) in [7, 11) is 0. The maximum Gasteiger partial charge on any atom is 0.312 e. The Morgan fingerprint density at radius 1 is 1.33 bits per heavy atom. The Morgan fingerprint density at radius 2 is 2.09 bits per heavy atom. The van der Waals surface area contributed by atoms with E-state index in [0.29, 0.717) is 5.92 Å². The van der Waals surface area contributed by atoms with Crippen molar-refractivity contribution in [1.82, 2.24) is 19.5 Å². The first-order chi connectivity index (χ1) is 15.9. The number of nitrogens with two attached hydrogens (primary N) is 1. The van der Waals surface area contributed by atoms with E-state index in [-0.39, 0.29) is 42.1 Å². The number of carbonyl (C=O) groups excluding carboxylic acids is 1. The van der Waals surface area contributed by atoms with E-state index in [1.165, 1.54) is 32.0 Å². The lowest BCUT2D eigenvalue weighted by molar-refractivity contribution is -0.168. The summed E-state index contributed by atoms with van der Waals surface area (Å²) >= 11 is 0. The number of esters is 1. The first-order valence-corrected chi connectivity index (χ1v) is 12.0. The lowest BCUT2D eigenvalue weighted by Crippen LogP contribution is -2.46. The first-order valence-electron chi connectivity index (χ1n) is 12.0. The number of unbranched alkanes of at least 4 members (excludes halogenated alkanes) is 2. The van der Waals surface area contributed by atoms with Gasteiger partial charge in [0.2, 0.25) is 0 Å². The van der Waals surface area contributed by atoms with E-state index < -0.39 is 23.8 Å². The van der Waals surface area contributed by atoms with Crippen LogP contribution in [-0.2, 0) is 14.3 Å². The molecule has 3 heterocycles. The number of hydrogen-bond donors (Lipinski definition) is 2. The van der Waals surface area contributed by atoms with Crippen LogP contribution in [0.25, 0.3) is 11.2 Å². The average Bonchev–Trinajstić information content (AvgIpc) is 3.36. The molecule has 1 saturated carbocycles. The van der Waals surface area contributed by atoms with E-state index in [2.05, 4.69) is 21.9 Å². The molecule has 1 saturated heterocycles. The van der Waals surface area contributed by atoms with Crippen molar-refractivity contribution in [2.24, 2.45) is 11.8 Å². The summed E-state index contributed by atoms with van der Waals surface area (Å²) in [5, 5.41) is 10.0. The zero-order chi connectivity index (χ0) is 23.6. The third kappa shape index (κ3) is 4.82. The number of ether oxygens (including phenoxy) is 2. The summed E-state index contributed by atoms with van der Waals surface area (Å²) in [6.45, 7) is 3.73. The van der Waals surface area contributed by atoms with Crippen LogP contribution in [-0.4, -0.2) is 55.5 Å². The number of imidazole rings is 1. The van der Waals surface area contributed by atoms with E-state index in [4.69, 9.17) is 15.2 Å². The van der Waals surface area contributed by atoms with Crippen molar-refractivity contribution < 1.29 is 23.8 Å². The van der Waals surface area contributed by atoms with Crippen molar-refractivity contribution >= 4 is 23.0 Å². The summed E-state index contributed by atoms with van der Waals surface area (Å²) in [5.74, 6) is 0.186. The Bertz CT molecular complexity index is 977. The second kappa shape index (κ2) is 9.89. The van der Waals surface area contributed by atoms with Gasteiger partial charge in [0, 0.05) is 0 Å². The monoisotopic (exact) mass is 463 g/mol. The Hall–Kier alpha value is -2.33. The van der Waals surface area contributed by atoms with Gasteiger partial charge < -0.3 is 24.9 Å². The number of aliphatic hydroxyl groups is 1. The highest BCUT2D eigenvalue weighted by Gasteiger charge is 2.51. The minimum absolute atomic E-state index is 0.0654. The molecule has 3 atom stereocenters. The van der Waals surface area contributed by atoms with E-state index in [1.54, 1.807) is 11.5 Å². The summed E-state index contributed by atoms with van der Waals surface area (Å²) in [5.41, 5.74) is 5.16. The zero-order valence-corrected chi connectivity index (χ0v) is 19.4. The van der Waals surface area contributed by atoms with Crippen LogP contribution in [0.15, 0.2) is 6.33 Å². The highest BCUT2D eigenvalue weighted by atomic mass is 19.1. The third-order valence-corrected chi connectivity index (χ3v) is 7.27. The predicted molar refractivity (Wildman–Crippen MR) is 120 cm³/mol. The molecule has 182 valence electrons. The number of halogens is 1. The molecule has 1 aliphatic heterocycles. The number of anilines is 1. The largest absolute Gasteiger partial charge is 0.457 e. The zero-order valence-electron chi connectivity index (χ0n) is 19.4. The minimum Gasteiger partial charge on any atom is -0.457 e. The Kier molecular flexibility index (Phi) is 7.13. The Labute approximate surface area is 192 Å². The van der Waals surface area contributed by atoms with Crippen molar-refractivity contribution in [2.45, 2.75) is 83.0 Å². The first kappa shape index (κ1) is 23.8. The van der Waals surface area contributed by atoms with Gasteiger partial charge in [0.15, 0.2) is 17.6 Å². The van der Waals surface area contributed by atoms with Crippen LogP contribution in [0.5, 0.6) is 0 Å². The number of hydrogen-bond acceptors (Lipinski definition) is 8.